The van der Waals surface area contributed by atoms with Crippen LogP contribution in [0.25, 0.3) is 21.9 Å². The van der Waals surface area contributed by atoms with Gasteiger partial charge >= 0.3 is 0 Å². The van der Waals surface area contributed by atoms with Crippen LogP contribution in [0.5, 0.6) is 0 Å². The summed E-state index contributed by atoms with van der Waals surface area (Å²) < 4.78 is 33.1. The monoisotopic (exact) mass is 442 g/mol. The fraction of sp³-hybridized carbons (Fsp3) is 0.474. The van der Waals surface area contributed by atoms with E-state index in [1.807, 2.05) is 16.7 Å². The minimum atomic E-state index is -3.67. The molecule has 2 aromatic heterocycles. The average Bonchev–Trinajstić information content (AvgIpc) is 3.02. The number of pyridine rings is 1. The van der Waals surface area contributed by atoms with Gasteiger partial charge in [-0.25, -0.2) is 0 Å². The number of fused-ring (bicyclic) bond motifs is 3. The summed E-state index contributed by atoms with van der Waals surface area (Å²) in [5.41, 5.74) is 1.74. The number of aryl methyl sites for hydroxylation is 1. The van der Waals surface area contributed by atoms with Crippen molar-refractivity contribution >= 4 is 43.6 Å². The standard InChI is InChI=1S/C18H19ClN2O3.CH4O3S/c1-10-15-17(24-20-10)16-13(19)6-3-7-14(16)21(18(15)23)12-5-2-4-11(8-12)9-22;1-5(2,3)4/h3,6-7,11-12,22H,2,4-5,8-9H2,1H3;1H3,(H,2,3,4). The highest BCUT2D eigenvalue weighted by Crippen LogP contribution is 2.37. The molecule has 29 heavy (non-hydrogen) atoms. The van der Waals surface area contributed by atoms with E-state index in [1.165, 1.54) is 0 Å². The lowest BCUT2D eigenvalue weighted by molar-refractivity contribution is 0.163. The minimum Gasteiger partial charge on any atom is -0.396 e. The Bertz CT molecular complexity index is 1190. The summed E-state index contributed by atoms with van der Waals surface area (Å²) in [6.07, 6.45) is 4.45. The predicted molar refractivity (Wildman–Crippen MR) is 111 cm³/mol. The molecule has 3 aromatic rings. The maximum absolute atomic E-state index is 13.2. The number of hydrogen-bond donors (Lipinski definition) is 2. The summed E-state index contributed by atoms with van der Waals surface area (Å²) >= 11 is 6.42. The Morgan fingerprint density at radius 2 is 2.00 bits per heavy atom. The molecule has 4 rings (SSSR count). The predicted octanol–water partition coefficient (Wildman–Crippen LogP) is 3.33. The molecule has 1 fully saturated rings. The van der Waals surface area contributed by atoms with Crippen LogP contribution >= 0.6 is 11.6 Å². The molecule has 158 valence electrons. The SMILES string of the molecule is CS(=O)(=O)O.Cc1noc2c1c(=O)n(C1CCCC(CO)C1)c1cccc(Cl)c21. The Labute approximate surface area is 172 Å². The highest BCUT2D eigenvalue weighted by Gasteiger charge is 2.27. The van der Waals surface area contributed by atoms with Gasteiger partial charge in [-0.2, -0.15) is 8.42 Å². The van der Waals surface area contributed by atoms with Crippen molar-refractivity contribution in [2.75, 3.05) is 12.9 Å². The Balaban J connectivity index is 0.000000431. The lowest BCUT2D eigenvalue weighted by Gasteiger charge is -2.30. The van der Waals surface area contributed by atoms with E-state index in [9.17, 15) is 18.3 Å². The molecule has 8 nitrogen and oxygen atoms in total. The zero-order valence-electron chi connectivity index (χ0n) is 16.1. The lowest BCUT2D eigenvalue weighted by atomic mass is 9.85. The van der Waals surface area contributed by atoms with Gasteiger partial charge in [0, 0.05) is 12.6 Å². The third-order valence-electron chi connectivity index (χ3n) is 5.15. The third kappa shape index (κ3) is 4.63. The van der Waals surface area contributed by atoms with Crippen LogP contribution in [-0.4, -0.2) is 40.7 Å². The zero-order chi connectivity index (χ0) is 21.3. The highest BCUT2D eigenvalue weighted by atomic mass is 35.5. The van der Waals surface area contributed by atoms with E-state index >= 15 is 0 Å². The van der Waals surface area contributed by atoms with Crippen LogP contribution in [0, 0.1) is 12.8 Å². The Kier molecular flexibility index (Phi) is 6.33. The van der Waals surface area contributed by atoms with Crippen LogP contribution in [0.1, 0.15) is 37.4 Å². The van der Waals surface area contributed by atoms with Crippen LogP contribution in [0.15, 0.2) is 27.5 Å². The molecule has 0 bridgehead atoms. The van der Waals surface area contributed by atoms with Crippen LogP contribution < -0.4 is 5.56 Å². The molecule has 0 amide bonds. The maximum atomic E-state index is 13.2. The van der Waals surface area contributed by atoms with Gasteiger partial charge in [0.25, 0.3) is 15.7 Å². The molecule has 10 heteroatoms. The van der Waals surface area contributed by atoms with Crippen LogP contribution in [-0.2, 0) is 10.1 Å². The molecule has 2 heterocycles. The molecule has 1 saturated carbocycles. The van der Waals surface area contributed by atoms with Crippen LogP contribution in [0.3, 0.4) is 0 Å². The summed E-state index contributed by atoms with van der Waals surface area (Å²) in [7, 11) is -3.67. The fourth-order valence-corrected chi connectivity index (χ4v) is 4.24. The molecule has 0 spiro atoms. The second-order valence-corrected chi connectivity index (χ2v) is 9.26. The number of rotatable bonds is 2. The first-order valence-electron chi connectivity index (χ1n) is 9.23. The summed E-state index contributed by atoms with van der Waals surface area (Å²) in [6, 6.07) is 5.61. The van der Waals surface area contributed by atoms with Crippen molar-refractivity contribution in [1.29, 1.82) is 0 Å². The van der Waals surface area contributed by atoms with Crippen molar-refractivity contribution in [3.63, 3.8) is 0 Å². The van der Waals surface area contributed by atoms with E-state index in [0.717, 1.165) is 36.6 Å². The number of benzene rings is 1. The molecule has 0 saturated heterocycles. The topological polar surface area (TPSA) is 123 Å². The minimum absolute atomic E-state index is 0.0584. The molecule has 0 radical (unpaired) electrons. The number of hydrogen-bond acceptors (Lipinski definition) is 6. The molecule has 2 N–H and O–H groups in total. The van der Waals surface area contributed by atoms with Gasteiger partial charge in [-0.05, 0) is 44.2 Å². The van der Waals surface area contributed by atoms with Gasteiger partial charge in [-0.15, -0.1) is 0 Å². The largest absolute Gasteiger partial charge is 0.396 e. The van der Waals surface area contributed by atoms with E-state index in [0.29, 0.717) is 27.9 Å². The van der Waals surface area contributed by atoms with E-state index in [-0.39, 0.29) is 24.1 Å². The lowest BCUT2D eigenvalue weighted by Crippen LogP contribution is -2.30. The smallest absolute Gasteiger partial charge is 0.264 e. The molecule has 0 aliphatic heterocycles. The Morgan fingerprint density at radius 3 is 2.66 bits per heavy atom. The number of aliphatic hydroxyl groups is 1. The van der Waals surface area contributed by atoms with Gasteiger partial charge in [0.05, 0.1) is 27.9 Å². The molecular weight excluding hydrogens is 420 g/mol. The van der Waals surface area contributed by atoms with Crippen molar-refractivity contribution in [3.05, 3.63) is 39.3 Å². The summed E-state index contributed by atoms with van der Waals surface area (Å²) in [5, 5.41) is 15.3. The average molecular weight is 443 g/mol. The normalized spacial score (nSPS) is 19.9. The maximum Gasteiger partial charge on any atom is 0.264 e. The first kappa shape index (κ1) is 21.8. The number of aromatic nitrogens is 2. The Morgan fingerprint density at radius 1 is 1.31 bits per heavy atom. The van der Waals surface area contributed by atoms with Crippen LogP contribution in [0.2, 0.25) is 5.02 Å². The molecule has 1 aliphatic carbocycles. The molecule has 1 aliphatic rings. The molecular formula is C19H23ClN2O6S. The van der Waals surface area contributed by atoms with Crippen molar-refractivity contribution in [2.24, 2.45) is 5.92 Å². The Hall–Kier alpha value is -1.94. The molecule has 2 atom stereocenters. The van der Waals surface area contributed by atoms with E-state index in [4.69, 9.17) is 20.7 Å². The second kappa shape index (κ2) is 8.43. The van der Waals surface area contributed by atoms with Gasteiger partial charge in [0.2, 0.25) is 0 Å². The number of aliphatic hydroxyl groups excluding tert-OH is 1. The van der Waals surface area contributed by atoms with Crippen molar-refractivity contribution in [3.8, 4) is 0 Å². The van der Waals surface area contributed by atoms with Gasteiger partial charge in [0.15, 0.2) is 5.58 Å². The summed E-state index contributed by atoms with van der Waals surface area (Å²) in [5.74, 6) is 0.240. The van der Waals surface area contributed by atoms with Gasteiger partial charge in [-0.1, -0.05) is 29.2 Å². The van der Waals surface area contributed by atoms with E-state index in [2.05, 4.69) is 5.16 Å². The fourth-order valence-electron chi connectivity index (χ4n) is 3.99. The first-order valence-corrected chi connectivity index (χ1v) is 11.5. The number of halogens is 1. The third-order valence-corrected chi connectivity index (χ3v) is 5.47. The van der Waals surface area contributed by atoms with Gasteiger partial charge < -0.3 is 14.2 Å². The van der Waals surface area contributed by atoms with E-state index in [1.54, 1.807) is 13.0 Å². The van der Waals surface area contributed by atoms with Crippen molar-refractivity contribution in [2.45, 2.75) is 38.6 Å². The summed E-state index contributed by atoms with van der Waals surface area (Å²) in [6.45, 7) is 1.94. The van der Waals surface area contributed by atoms with Crippen molar-refractivity contribution in [1.82, 2.24) is 9.72 Å². The molecule has 2 unspecified atom stereocenters. The quantitative estimate of drug-likeness (QED) is 0.583. The second-order valence-electron chi connectivity index (χ2n) is 7.38. The molecule has 1 aromatic carbocycles. The van der Waals surface area contributed by atoms with Gasteiger partial charge in [0.1, 0.15) is 5.39 Å². The number of nitrogens with zero attached hydrogens (tertiary/aromatic N) is 2. The van der Waals surface area contributed by atoms with Crippen LogP contribution in [0.4, 0.5) is 0 Å². The van der Waals surface area contributed by atoms with E-state index < -0.39 is 10.1 Å². The van der Waals surface area contributed by atoms with Gasteiger partial charge in [-0.3, -0.25) is 9.35 Å². The van der Waals surface area contributed by atoms with Crippen molar-refractivity contribution < 1.29 is 22.6 Å². The first-order chi connectivity index (χ1) is 13.6. The summed E-state index contributed by atoms with van der Waals surface area (Å²) in [4.78, 5) is 13.2. The highest BCUT2D eigenvalue weighted by molar-refractivity contribution is 7.85. The zero-order valence-corrected chi connectivity index (χ0v) is 17.7.